The Morgan fingerprint density at radius 1 is 0.759 bits per heavy atom. The Morgan fingerprint density at radius 2 is 1.45 bits per heavy atom. The normalized spacial score (nSPS) is 11.2. The fourth-order valence-corrected chi connectivity index (χ4v) is 4.04. The van der Waals surface area contributed by atoms with E-state index >= 15 is 0 Å². The highest BCUT2D eigenvalue weighted by atomic mass is 79.9. The lowest BCUT2D eigenvalue weighted by Gasteiger charge is -2.17. The second-order valence-corrected chi connectivity index (χ2v) is 8.59. The van der Waals surface area contributed by atoms with Gasteiger partial charge >= 0.3 is 0 Å². The summed E-state index contributed by atoms with van der Waals surface area (Å²) in [6.45, 7) is 3.10. The van der Waals surface area contributed by atoms with Crippen molar-refractivity contribution in [3.8, 4) is 28.2 Å². The van der Waals surface area contributed by atoms with Crippen LogP contribution in [-0.4, -0.2) is 23.6 Å². The molecule has 0 saturated carbocycles. The molecule has 0 amide bonds. The van der Waals surface area contributed by atoms with Crippen LogP contribution in [0.3, 0.4) is 0 Å². The molecule has 0 unspecified atom stereocenters. The van der Waals surface area contributed by atoms with Crippen molar-refractivity contribution >= 4 is 15.9 Å². The minimum absolute atomic E-state index is 0.929. The Hall–Kier alpha value is -2.62. The van der Waals surface area contributed by atoms with Gasteiger partial charge in [-0.15, -0.1) is 0 Å². The molecule has 0 fully saturated rings. The van der Waals surface area contributed by atoms with Gasteiger partial charge in [0.2, 0.25) is 0 Å². The van der Waals surface area contributed by atoms with Crippen molar-refractivity contribution in [3.63, 3.8) is 0 Å². The molecule has 146 valence electrons. The maximum Gasteiger partial charge on any atom is 0.0535 e. The van der Waals surface area contributed by atoms with Crippen LogP contribution in [0.1, 0.15) is 11.1 Å². The summed E-state index contributed by atoms with van der Waals surface area (Å²) in [4.78, 5) is 2.20. The Morgan fingerprint density at radius 3 is 2.14 bits per heavy atom. The van der Waals surface area contributed by atoms with Gasteiger partial charge < -0.3 is 9.47 Å². The summed E-state index contributed by atoms with van der Waals surface area (Å²) in [6, 6.07) is 30.4. The second kappa shape index (κ2) is 8.40. The Balaban J connectivity index is 1.92. The van der Waals surface area contributed by atoms with E-state index in [4.69, 9.17) is 0 Å². The van der Waals surface area contributed by atoms with Gasteiger partial charge in [0.05, 0.1) is 11.4 Å². The molecular formula is C26H25BrN2. The lowest BCUT2D eigenvalue weighted by atomic mass is 10.1. The van der Waals surface area contributed by atoms with Gasteiger partial charge in [0.25, 0.3) is 0 Å². The molecule has 29 heavy (non-hydrogen) atoms. The number of aryl methyl sites for hydroxylation is 1. The van der Waals surface area contributed by atoms with Crippen molar-refractivity contribution in [2.75, 3.05) is 14.1 Å². The summed E-state index contributed by atoms with van der Waals surface area (Å²) in [7, 11) is 4.21. The molecule has 2 nitrogen and oxygen atoms in total. The number of nitrogens with zero attached hydrogens (tertiary/aromatic N) is 2. The van der Waals surface area contributed by atoms with Crippen molar-refractivity contribution in [1.82, 2.24) is 9.47 Å². The van der Waals surface area contributed by atoms with E-state index in [1.807, 2.05) is 0 Å². The van der Waals surface area contributed by atoms with Gasteiger partial charge in [-0.1, -0.05) is 64.5 Å². The molecule has 3 heteroatoms. The molecule has 0 aliphatic carbocycles. The molecule has 0 aliphatic heterocycles. The molecule has 0 aliphatic rings. The van der Waals surface area contributed by atoms with E-state index in [2.05, 4.69) is 131 Å². The Bertz CT molecular complexity index is 1120. The molecular weight excluding hydrogens is 420 g/mol. The summed E-state index contributed by atoms with van der Waals surface area (Å²) in [5.74, 6) is 0. The lowest BCUT2D eigenvalue weighted by Crippen LogP contribution is -2.10. The lowest BCUT2D eigenvalue weighted by molar-refractivity contribution is 0.402. The number of benzene rings is 3. The van der Waals surface area contributed by atoms with Crippen LogP contribution in [0.25, 0.3) is 28.2 Å². The maximum atomic E-state index is 3.55. The first-order chi connectivity index (χ1) is 14.0. The summed E-state index contributed by atoms with van der Waals surface area (Å²) >= 11 is 3.55. The predicted molar refractivity (Wildman–Crippen MR) is 126 cm³/mol. The molecule has 0 radical (unpaired) electrons. The Kier molecular flexibility index (Phi) is 5.70. The number of para-hydroxylation sites is 1. The van der Waals surface area contributed by atoms with Crippen molar-refractivity contribution < 1.29 is 0 Å². The zero-order valence-electron chi connectivity index (χ0n) is 17.1. The summed E-state index contributed by atoms with van der Waals surface area (Å²) < 4.78 is 3.47. The smallest absolute Gasteiger partial charge is 0.0535 e. The Labute approximate surface area is 181 Å². The van der Waals surface area contributed by atoms with Crippen LogP contribution < -0.4 is 0 Å². The number of halogens is 1. The van der Waals surface area contributed by atoms with E-state index < -0.39 is 0 Å². The molecule has 0 saturated heterocycles. The number of hydrogen-bond donors (Lipinski definition) is 0. The van der Waals surface area contributed by atoms with Gasteiger partial charge in [-0.25, -0.2) is 0 Å². The molecule has 0 atom stereocenters. The van der Waals surface area contributed by atoms with E-state index in [0.29, 0.717) is 0 Å². The van der Waals surface area contributed by atoms with Crippen LogP contribution >= 0.6 is 15.9 Å². The number of hydrogen-bond acceptors (Lipinski definition) is 1. The standard InChI is InChI=1S/C26H25BrN2/c1-19-7-4-5-10-24(19)29-25(21-11-13-23(27)14-12-21)15-16-26(29)22-9-6-8-20(17-22)18-28(2)3/h4-17H,18H2,1-3H3. The van der Waals surface area contributed by atoms with E-state index in [-0.39, 0.29) is 0 Å². The van der Waals surface area contributed by atoms with Crippen molar-refractivity contribution in [2.45, 2.75) is 13.5 Å². The average molecular weight is 445 g/mol. The molecule has 0 bridgehead atoms. The molecule has 4 rings (SSSR count). The van der Waals surface area contributed by atoms with Gasteiger partial charge in [-0.3, -0.25) is 0 Å². The molecule has 1 heterocycles. The molecule has 0 N–H and O–H groups in total. The summed E-state index contributed by atoms with van der Waals surface area (Å²) in [5, 5.41) is 0. The topological polar surface area (TPSA) is 8.17 Å². The minimum Gasteiger partial charge on any atom is -0.309 e. The van der Waals surface area contributed by atoms with Gasteiger partial charge in [0, 0.05) is 16.7 Å². The van der Waals surface area contributed by atoms with Gasteiger partial charge in [-0.05, 0) is 79.7 Å². The highest BCUT2D eigenvalue weighted by Crippen LogP contribution is 2.34. The van der Waals surface area contributed by atoms with E-state index in [0.717, 1.165) is 11.0 Å². The van der Waals surface area contributed by atoms with Gasteiger partial charge in [0.1, 0.15) is 0 Å². The van der Waals surface area contributed by atoms with E-state index in [1.165, 1.54) is 39.3 Å². The largest absolute Gasteiger partial charge is 0.309 e. The summed E-state index contributed by atoms with van der Waals surface area (Å²) in [6.07, 6.45) is 0. The van der Waals surface area contributed by atoms with Crippen LogP contribution in [0.15, 0.2) is 89.4 Å². The summed E-state index contributed by atoms with van der Waals surface area (Å²) in [5.41, 5.74) is 8.62. The fraction of sp³-hybridized carbons (Fsp3) is 0.154. The monoisotopic (exact) mass is 444 g/mol. The SMILES string of the molecule is Cc1ccccc1-n1c(-c2ccc(Br)cc2)ccc1-c1cccc(CN(C)C)c1. The fourth-order valence-electron chi connectivity index (χ4n) is 3.78. The van der Waals surface area contributed by atoms with Crippen LogP contribution in [0.2, 0.25) is 0 Å². The second-order valence-electron chi connectivity index (χ2n) is 7.67. The van der Waals surface area contributed by atoms with Gasteiger partial charge in [0.15, 0.2) is 0 Å². The first kappa shape index (κ1) is 19.7. The first-order valence-corrected chi connectivity index (χ1v) is 10.6. The molecule has 1 aromatic heterocycles. The highest BCUT2D eigenvalue weighted by Gasteiger charge is 2.15. The van der Waals surface area contributed by atoms with Crippen molar-refractivity contribution in [2.24, 2.45) is 0 Å². The molecule has 3 aromatic carbocycles. The van der Waals surface area contributed by atoms with E-state index in [1.54, 1.807) is 0 Å². The molecule has 0 spiro atoms. The van der Waals surface area contributed by atoms with E-state index in [9.17, 15) is 0 Å². The molecule has 4 aromatic rings. The number of aromatic nitrogens is 1. The average Bonchev–Trinajstić information content (AvgIpc) is 3.13. The zero-order chi connectivity index (χ0) is 20.4. The van der Waals surface area contributed by atoms with Crippen LogP contribution in [0, 0.1) is 6.92 Å². The highest BCUT2D eigenvalue weighted by molar-refractivity contribution is 9.10. The first-order valence-electron chi connectivity index (χ1n) is 9.80. The third-order valence-corrected chi connectivity index (χ3v) is 5.63. The van der Waals surface area contributed by atoms with Crippen LogP contribution in [0.5, 0.6) is 0 Å². The number of rotatable bonds is 5. The zero-order valence-corrected chi connectivity index (χ0v) is 18.6. The van der Waals surface area contributed by atoms with Crippen molar-refractivity contribution in [1.29, 1.82) is 0 Å². The quantitative estimate of drug-likeness (QED) is 0.323. The third kappa shape index (κ3) is 4.21. The third-order valence-electron chi connectivity index (χ3n) is 5.10. The van der Waals surface area contributed by atoms with Crippen molar-refractivity contribution in [3.05, 3.63) is 101 Å². The van der Waals surface area contributed by atoms with Crippen LogP contribution in [-0.2, 0) is 6.54 Å². The predicted octanol–water partition coefficient (Wildman–Crippen LogP) is 6.94. The van der Waals surface area contributed by atoms with Crippen LogP contribution in [0.4, 0.5) is 0 Å². The van der Waals surface area contributed by atoms with Gasteiger partial charge in [-0.2, -0.15) is 0 Å². The minimum atomic E-state index is 0.929. The maximum absolute atomic E-state index is 3.55.